The number of hydrogen-bond acceptors (Lipinski definition) is 2. The van der Waals surface area contributed by atoms with E-state index in [9.17, 15) is 0 Å². The Balaban J connectivity index is 0. The average Bonchev–Trinajstić information content (AvgIpc) is 2.01. The average molecular weight is 264 g/mol. The van der Waals surface area contributed by atoms with Gasteiger partial charge in [0, 0.05) is 19.1 Å². The van der Waals surface area contributed by atoms with Gasteiger partial charge in [0.1, 0.15) is 0 Å². The number of hydrogen-bond donors (Lipinski definition) is 1. The molecule has 2 heterocycles. The summed E-state index contributed by atoms with van der Waals surface area (Å²) in [6.07, 6.45) is 2.74. The Morgan fingerprint density at radius 3 is 1.93 bits per heavy atom. The fraction of sp³-hybridized carbons (Fsp3) is 1.00. The van der Waals surface area contributed by atoms with Crippen LogP contribution in [-0.2, 0) is 0 Å². The first-order valence-electron chi connectivity index (χ1n) is 4.81. The van der Waals surface area contributed by atoms with Crippen molar-refractivity contribution in [2.24, 2.45) is 5.92 Å². The Hall–Kier alpha value is 0.790. The number of halogens is 3. The van der Waals surface area contributed by atoms with Crippen molar-refractivity contribution >= 4 is 37.2 Å². The smallest absolute Gasteiger partial charge is 0.0120 e. The van der Waals surface area contributed by atoms with Crippen molar-refractivity contribution in [2.75, 3.05) is 26.2 Å². The summed E-state index contributed by atoms with van der Waals surface area (Å²) in [5.41, 5.74) is 0. The van der Waals surface area contributed by atoms with Gasteiger partial charge >= 0.3 is 0 Å². The predicted molar refractivity (Wildman–Crippen MR) is 68.4 cm³/mol. The summed E-state index contributed by atoms with van der Waals surface area (Å²) in [6.45, 7) is 7.51. The second kappa shape index (κ2) is 8.00. The number of likely N-dealkylation sites (tertiary alicyclic amines) is 1. The number of nitrogens with one attached hydrogen (secondary N) is 1. The van der Waals surface area contributed by atoms with Gasteiger partial charge in [0.05, 0.1) is 0 Å². The van der Waals surface area contributed by atoms with E-state index in [1.807, 2.05) is 0 Å². The molecule has 2 rings (SSSR count). The third-order valence-electron chi connectivity index (χ3n) is 2.92. The van der Waals surface area contributed by atoms with E-state index < -0.39 is 0 Å². The van der Waals surface area contributed by atoms with Gasteiger partial charge in [0.25, 0.3) is 0 Å². The van der Waals surface area contributed by atoms with Crippen molar-refractivity contribution < 1.29 is 0 Å². The van der Waals surface area contributed by atoms with Crippen molar-refractivity contribution in [3.8, 4) is 0 Å². The molecule has 2 aliphatic rings. The monoisotopic (exact) mass is 262 g/mol. The standard InChI is InChI=1S/C9H18N2.3ClH/c1-8-6-11(7-8)9-2-4-10-5-3-9;;;/h8-10H,2-7H2,1H3;3*1H. The van der Waals surface area contributed by atoms with Crippen LogP contribution in [0.15, 0.2) is 0 Å². The molecule has 0 radical (unpaired) electrons. The highest BCUT2D eigenvalue weighted by Crippen LogP contribution is 2.22. The molecule has 0 amide bonds. The molecular formula is C9H21Cl3N2. The van der Waals surface area contributed by atoms with E-state index >= 15 is 0 Å². The minimum absolute atomic E-state index is 0. The molecule has 2 aliphatic heterocycles. The van der Waals surface area contributed by atoms with Crippen molar-refractivity contribution in [1.29, 1.82) is 0 Å². The van der Waals surface area contributed by atoms with E-state index in [4.69, 9.17) is 0 Å². The molecule has 0 atom stereocenters. The summed E-state index contributed by atoms with van der Waals surface area (Å²) in [4.78, 5) is 2.64. The zero-order chi connectivity index (χ0) is 7.68. The SMILES string of the molecule is CC1CN(C2CCNCC2)C1.Cl.Cl.Cl. The Kier molecular flexibility index (Phi) is 9.83. The Labute approximate surface area is 105 Å². The van der Waals surface area contributed by atoms with Crippen LogP contribution in [0.5, 0.6) is 0 Å². The minimum atomic E-state index is 0. The van der Waals surface area contributed by atoms with E-state index in [1.54, 1.807) is 0 Å². The zero-order valence-corrected chi connectivity index (χ0v) is 11.0. The van der Waals surface area contributed by atoms with Crippen molar-refractivity contribution in [2.45, 2.75) is 25.8 Å². The van der Waals surface area contributed by atoms with Crippen LogP contribution in [0.25, 0.3) is 0 Å². The van der Waals surface area contributed by atoms with Crippen molar-refractivity contribution in [1.82, 2.24) is 10.2 Å². The second-order valence-corrected chi connectivity index (χ2v) is 4.04. The molecule has 2 fully saturated rings. The molecule has 2 nitrogen and oxygen atoms in total. The lowest BCUT2D eigenvalue weighted by molar-refractivity contribution is 0.0473. The normalized spacial score (nSPS) is 23.8. The summed E-state index contributed by atoms with van der Waals surface area (Å²) in [5, 5.41) is 3.40. The van der Waals surface area contributed by atoms with Gasteiger partial charge in [-0.25, -0.2) is 0 Å². The predicted octanol–water partition coefficient (Wildman–Crippen LogP) is 1.96. The van der Waals surface area contributed by atoms with E-state index in [0.29, 0.717) is 0 Å². The van der Waals surface area contributed by atoms with Gasteiger partial charge in [-0.15, -0.1) is 37.2 Å². The molecule has 0 saturated carbocycles. The number of rotatable bonds is 1. The summed E-state index contributed by atoms with van der Waals surface area (Å²) in [5.74, 6) is 0.963. The maximum atomic E-state index is 3.40. The molecule has 14 heavy (non-hydrogen) atoms. The van der Waals surface area contributed by atoms with Gasteiger partial charge in [-0.05, 0) is 31.8 Å². The third kappa shape index (κ3) is 4.11. The first-order valence-corrected chi connectivity index (χ1v) is 4.81. The molecule has 5 heteroatoms. The molecule has 88 valence electrons. The van der Waals surface area contributed by atoms with Crippen molar-refractivity contribution in [3.63, 3.8) is 0 Å². The molecule has 0 aromatic rings. The van der Waals surface area contributed by atoms with E-state index in [2.05, 4.69) is 17.1 Å². The molecule has 0 unspecified atom stereocenters. The zero-order valence-electron chi connectivity index (χ0n) is 8.57. The largest absolute Gasteiger partial charge is 0.317 e. The van der Waals surface area contributed by atoms with Crippen LogP contribution in [-0.4, -0.2) is 37.1 Å². The Morgan fingerprint density at radius 1 is 1.00 bits per heavy atom. The van der Waals surface area contributed by atoms with Crippen molar-refractivity contribution in [3.05, 3.63) is 0 Å². The van der Waals surface area contributed by atoms with Gasteiger partial charge in [-0.3, -0.25) is 4.90 Å². The lowest BCUT2D eigenvalue weighted by Crippen LogP contribution is -2.53. The molecule has 1 N–H and O–H groups in total. The summed E-state index contributed by atoms with van der Waals surface area (Å²) >= 11 is 0. The highest BCUT2D eigenvalue weighted by atomic mass is 35.5. The van der Waals surface area contributed by atoms with Gasteiger partial charge in [-0.2, -0.15) is 0 Å². The summed E-state index contributed by atoms with van der Waals surface area (Å²) in [7, 11) is 0. The van der Waals surface area contributed by atoms with Gasteiger partial charge in [-0.1, -0.05) is 6.92 Å². The minimum Gasteiger partial charge on any atom is -0.317 e. The quantitative estimate of drug-likeness (QED) is 0.778. The van der Waals surface area contributed by atoms with Crippen LogP contribution in [0, 0.1) is 5.92 Å². The van der Waals surface area contributed by atoms with Crippen LogP contribution < -0.4 is 5.32 Å². The Bertz CT molecular complexity index is 134. The van der Waals surface area contributed by atoms with Gasteiger partial charge in [0.15, 0.2) is 0 Å². The van der Waals surface area contributed by atoms with Crippen LogP contribution in [0.3, 0.4) is 0 Å². The summed E-state index contributed by atoms with van der Waals surface area (Å²) in [6, 6.07) is 0.910. The molecule has 0 aromatic carbocycles. The molecule has 0 bridgehead atoms. The van der Waals surface area contributed by atoms with Gasteiger partial charge in [0.2, 0.25) is 0 Å². The van der Waals surface area contributed by atoms with E-state index in [1.165, 1.54) is 39.0 Å². The molecule has 0 aliphatic carbocycles. The molecule has 0 aromatic heterocycles. The summed E-state index contributed by atoms with van der Waals surface area (Å²) < 4.78 is 0. The van der Waals surface area contributed by atoms with Crippen LogP contribution in [0.4, 0.5) is 0 Å². The first kappa shape index (κ1) is 17.2. The highest BCUT2D eigenvalue weighted by Gasteiger charge is 2.29. The van der Waals surface area contributed by atoms with E-state index in [0.717, 1.165) is 12.0 Å². The highest BCUT2D eigenvalue weighted by molar-refractivity contribution is 5.86. The maximum absolute atomic E-state index is 3.40. The fourth-order valence-electron chi connectivity index (χ4n) is 2.22. The molecule has 2 saturated heterocycles. The van der Waals surface area contributed by atoms with E-state index in [-0.39, 0.29) is 37.2 Å². The lowest BCUT2D eigenvalue weighted by atomic mass is 9.95. The van der Waals surface area contributed by atoms with Crippen LogP contribution in [0.1, 0.15) is 19.8 Å². The van der Waals surface area contributed by atoms with Crippen LogP contribution in [0.2, 0.25) is 0 Å². The molecular weight excluding hydrogens is 242 g/mol. The van der Waals surface area contributed by atoms with Crippen LogP contribution >= 0.6 is 37.2 Å². The second-order valence-electron chi connectivity index (χ2n) is 4.04. The number of nitrogens with zero attached hydrogens (tertiary/aromatic N) is 1. The topological polar surface area (TPSA) is 15.3 Å². The number of piperidine rings is 1. The maximum Gasteiger partial charge on any atom is 0.0120 e. The fourth-order valence-corrected chi connectivity index (χ4v) is 2.22. The van der Waals surface area contributed by atoms with Gasteiger partial charge < -0.3 is 5.32 Å². The Morgan fingerprint density at radius 2 is 1.50 bits per heavy atom. The molecule has 0 spiro atoms. The lowest BCUT2D eigenvalue weighted by Gasteiger charge is -2.44. The third-order valence-corrected chi connectivity index (χ3v) is 2.92. The first-order chi connectivity index (χ1) is 5.36.